The number of nitrogens with one attached hydrogen (secondary N) is 1. The predicted octanol–water partition coefficient (Wildman–Crippen LogP) is 4.47. The summed E-state index contributed by atoms with van der Waals surface area (Å²) in [7, 11) is 1.61. The Morgan fingerprint density at radius 1 is 1.10 bits per heavy atom. The van der Waals surface area contributed by atoms with Gasteiger partial charge in [0.25, 0.3) is 0 Å². The van der Waals surface area contributed by atoms with Gasteiger partial charge in [0.15, 0.2) is 0 Å². The number of methoxy groups -OCH3 is 1. The summed E-state index contributed by atoms with van der Waals surface area (Å²) in [5, 5.41) is 1.16. The second-order valence-corrected chi connectivity index (χ2v) is 4.92. The number of halogens is 1. The molecular weight excluding hydrogens is 253 g/mol. The molecule has 1 aromatic heterocycles. The van der Waals surface area contributed by atoms with E-state index in [2.05, 4.69) is 17.1 Å². The standard InChI is InChI=1S/C17H16FNO/c1-11(14-10-13(18)7-8-17(14)20-2)16-9-12-5-3-4-6-15(12)19-16/h3-11,19H,1-2H3. The highest BCUT2D eigenvalue weighted by Gasteiger charge is 2.16. The number of aromatic amines is 1. The zero-order valence-corrected chi connectivity index (χ0v) is 11.5. The van der Waals surface area contributed by atoms with Crippen molar-refractivity contribution in [2.45, 2.75) is 12.8 Å². The van der Waals surface area contributed by atoms with Gasteiger partial charge in [0.05, 0.1) is 7.11 Å². The highest BCUT2D eigenvalue weighted by molar-refractivity contribution is 5.80. The number of para-hydroxylation sites is 1. The Balaban J connectivity index is 2.07. The maximum Gasteiger partial charge on any atom is 0.123 e. The normalized spacial score (nSPS) is 12.6. The molecule has 20 heavy (non-hydrogen) atoms. The summed E-state index contributed by atoms with van der Waals surface area (Å²) >= 11 is 0. The van der Waals surface area contributed by atoms with Crippen LogP contribution in [0.5, 0.6) is 5.75 Å². The summed E-state index contributed by atoms with van der Waals surface area (Å²) in [5.74, 6) is 0.495. The van der Waals surface area contributed by atoms with Crippen LogP contribution in [0.3, 0.4) is 0 Å². The third-order valence-corrected chi connectivity index (χ3v) is 3.68. The van der Waals surface area contributed by atoms with Crippen LogP contribution in [0.1, 0.15) is 24.1 Å². The van der Waals surface area contributed by atoms with Crippen LogP contribution in [0.15, 0.2) is 48.5 Å². The molecule has 0 radical (unpaired) electrons. The van der Waals surface area contributed by atoms with Gasteiger partial charge in [-0.1, -0.05) is 25.1 Å². The van der Waals surface area contributed by atoms with E-state index in [1.807, 2.05) is 25.1 Å². The molecule has 0 saturated heterocycles. The third-order valence-electron chi connectivity index (χ3n) is 3.68. The van der Waals surface area contributed by atoms with Crippen molar-refractivity contribution in [3.63, 3.8) is 0 Å². The minimum Gasteiger partial charge on any atom is -0.496 e. The molecule has 0 amide bonds. The van der Waals surface area contributed by atoms with Gasteiger partial charge < -0.3 is 9.72 Å². The number of benzene rings is 2. The van der Waals surface area contributed by atoms with Crippen LogP contribution in [0.2, 0.25) is 0 Å². The Kier molecular flexibility index (Phi) is 3.18. The van der Waals surface area contributed by atoms with E-state index in [1.165, 1.54) is 12.1 Å². The van der Waals surface area contributed by atoms with E-state index in [4.69, 9.17) is 4.74 Å². The van der Waals surface area contributed by atoms with Crippen molar-refractivity contribution in [3.05, 3.63) is 65.6 Å². The Morgan fingerprint density at radius 3 is 2.65 bits per heavy atom. The van der Waals surface area contributed by atoms with Crippen LogP contribution >= 0.6 is 0 Å². The molecule has 2 aromatic carbocycles. The smallest absolute Gasteiger partial charge is 0.123 e. The molecule has 0 fully saturated rings. The van der Waals surface area contributed by atoms with Gasteiger partial charge in [-0.15, -0.1) is 0 Å². The van der Waals surface area contributed by atoms with Crippen LogP contribution in [0, 0.1) is 5.82 Å². The molecule has 0 bridgehead atoms. The molecule has 102 valence electrons. The lowest BCUT2D eigenvalue weighted by Gasteiger charge is -2.14. The van der Waals surface area contributed by atoms with Crippen molar-refractivity contribution in [2.24, 2.45) is 0 Å². The zero-order valence-electron chi connectivity index (χ0n) is 11.5. The second-order valence-electron chi connectivity index (χ2n) is 4.92. The van der Waals surface area contributed by atoms with E-state index in [0.717, 1.165) is 22.2 Å². The molecule has 1 N–H and O–H groups in total. The van der Waals surface area contributed by atoms with E-state index in [0.29, 0.717) is 5.75 Å². The quantitative estimate of drug-likeness (QED) is 0.745. The molecular formula is C17H16FNO. The van der Waals surface area contributed by atoms with Crippen LogP contribution in [-0.2, 0) is 0 Å². The maximum absolute atomic E-state index is 13.5. The number of aromatic nitrogens is 1. The first-order chi connectivity index (χ1) is 9.69. The van der Waals surface area contributed by atoms with E-state index < -0.39 is 0 Å². The minimum atomic E-state index is -0.247. The fraction of sp³-hybridized carbons (Fsp3) is 0.176. The van der Waals surface area contributed by atoms with E-state index in [9.17, 15) is 4.39 Å². The lowest BCUT2D eigenvalue weighted by Crippen LogP contribution is -2.00. The van der Waals surface area contributed by atoms with Gasteiger partial charge >= 0.3 is 0 Å². The molecule has 1 heterocycles. The first-order valence-electron chi connectivity index (χ1n) is 6.60. The summed E-state index contributed by atoms with van der Waals surface area (Å²) in [5.41, 5.74) is 2.99. The van der Waals surface area contributed by atoms with Crippen molar-refractivity contribution < 1.29 is 9.13 Å². The molecule has 2 nitrogen and oxygen atoms in total. The Labute approximate surface area is 117 Å². The zero-order chi connectivity index (χ0) is 14.1. The first kappa shape index (κ1) is 12.7. The fourth-order valence-corrected chi connectivity index (χ4v) is 2.54. The lowest BCUT2D eigenvalue weighted by molar-refractivity contribution is 0.406. The SMILES string of the molecule is COc1ccc(F)cc1C(C)c1cc2ccccc2[nH]1. The van der Waals surface area contributed by atoms with Gasteiger partial charge in [0, 0.05) is 22.7 Å². The van der Waals surface area contributed by atoms with Crippen molar-refractivity contribution in [2.75, 3.05) is 7.11 Å². The largest absolute Gasteiger partial charge is 0.496 e. The summed E-state index contributed by atoms with van der Waals surface area (Å²) < 4.78 is 18.8. The average Bonchev–Trinajstić information content (AvgIpc) is 2.90. The second kappa shape index (κ2) is 5.00. The third kappa shape index (κ3) is 2.16. The molecule has 0 spiro atoms. The van der Waals surface area contributed by atoms with Crippen molar-refractivity contribution in [1.82, 2.24) is 4.98 Å². The summed E-state index contributed by atoms with van der Waals surface area (Å²) in [4.78, 5) is 3.39. The Morgan fingerprint density at radius 2 is 1.90 bits per heavy atom. The van der Waals surface area contributed by atoms with Crippen LogP contribution in [0.25, 0.3) is 10.9 Å². The van der Waals surface area contributed by atoms with Gasteiger partial charge in [0.1, 0.15) is 11.6 Å². The average molecular weight is 269 g/mol. The number of fused-ring (bicyclic) bond motifs is 1. The minimum absolute atomic E-state index is 0.0352. The lowest BCUT2D eigenvalue weighted by atomic mass is 9.96. The van der Waals surface area contributed by atoms with Crippen molar-refractivity contribution >= 4 is 10.9 Å². The molecule has 1 atom stereocenters. The van der Waals surface area contributed by atoms with Crippen LogP contribution < -0.4 is 4.74 Å². The predicted molar refractivity (Wildman–Crippen MR) is 78.8 cm³/mol. The molecule has 0 aliphatic heterocycles. The highest BCUT2D eigenvalue weighted by Crippen LogP contribution is 2.33. The van der Waals surface area contributed by atoms with E-state index in [1.54, 1.807) is 13.2 Å². The molecule has 0 saturated carbocycles. The number of H-pyrrole nitrogens is 1. The fourth-order valence-electron chi connectivity index (χ4n) is 2.54. The summed E-state index contributed by atoms with van der Waals surface area (Å²) in [6.07, 6.45) is 0. The highest BCUT2D eigenvalue weighted by atomic mass is 19.1. The first-order valence-corrected chi connectivity index (χ1v) is 6.60. The number of hydrogen-bond acceptors (Lipinski definition) is 1. The van der Waals surface area contributed by atoms with Gasteiger partial charge in [-0.2, -0.15) is 0 Å². The molecule has 0 aliphatic rings. The monoisotopic (exact) mass is 269 g/mol. The van der Waals surface area contributed by atoms with Gasteiger partial charge in [-0.3, -0.25) is 0 Å². The molecule has 1 unspecified atom stereocenters. The maximum atomic E-state index is 13.5. The number of ether oxygens (including phenoxy) is 1. The van der Waals surface area contributed by atoms with Crippen molar-refractivity contribution in [3.8, 4) is 5.75 Å². The Bertz CT molecular complexity index is 715. The number of rotatable bonds is 3. The topological polar surface area (TPSA) is 25.0 Å². The van der Waals surface area contributed by atoms with E-state index >= 15 is 0 Å². The molecule has 3 aromatic rings. The van der Waals surface area contributed by atoms with Gasteiger partial charge in [-0.05, 0) is 35.7 Å². The van der Waals surface area contributed by atoms with E-state index in [-0.39, 0.29) is 11.7 Å². The molecule has 3 heteroatoms. The van der Waals surface area contributed by atoms with Crippen molar-refractivity contribution in [1.29, 1.82) is 0 Å². The van der Waals surface area contributed by atoms with Crippen LogP contribution in [0.4, 0.5) is 4.39 Å². The van der Waals surface area contributed by atoms with Crippen LogP contribution in [-0.4, -0.2) is 12.1 Å². The summed E-state index contributed by atoms with van der Waals surface area (Å²) in [6, 6.07) is 14.8. The number of hydrogen-bond donors (Lipinski definition) is 1. The molecule has 3 rings (SSSR count). The Hall–Kier alpha value is -2.29. The molecule has 0 aliphatic carbocycles. The van der Waals surface area contributed by atoms with Gasteiger partial charge in [0.2, 0.25) is 0 Å². The summed E-state index contributed by atoms with van der Waals surface area (Å²) in [6.45, 7) is 2.04. The van der Waals surface area contributed by atoms with Gasteiger partial charge in [-0.25, -0.2) is 4.39 Å².